The molecular weight excluding hydrogens is 244 g/mol. The van der Waals surface area contributed by atoms with Crippen molar-refractivity contribution in [3.8, 4) is 0 Å². The van der Waals surface area contributed by atoms with Gasteiger partial charge in [0.25, 0.3) is 0 Å². The molecule has 0 atom stereocenters. The molecule has 2 rings (SSSR count). The maximum absolute atomic E-state index is 6.10. The van der Waals surface area contributed by atoms with Gasteiger partial charge in [0.2, 0.25) is 0 Å². The highest BCUT2D eigenvalue weighted by Crippen LogP contribution is 2.31. The third-order valence-electron chi connectivity index (χ3n) is 4.09. The molecule has 2 N–H and O–H groups in total. The van der Waals surface area contributed by atoms with Gasteiger partial charge in [-0.3, -0.25) is 0 Å². The molecule has 100 valence electrons. The van der Waals surface area contributed by atoms with Crippen molar-refractivity contribution < 1.29 is 0 Å². The number of anilines is 1. The van der Waals surface area contributed by atoms with Crippen LogP contribution in [0, 0.1) is 11.8 Å². The van der Waals surface area contributed by atoms with Gasteiger partial charge in [-0.05, 0) is 42.4 Å². The van der Waals surface area contributed by atoms with Crippen LogP contribution in [0.1, 0.15) is 32.3 Å². The number of rotatable bonds is 3. The predicted octanol–water partition coefficient (Wildman–Crippen LogP) is 3.67. The van der Waals surface area contributed by atoms with E-state index < -0.39 is 0 Å². The van der Waals surface area contributed by atoms with Crippen LogP contribution in [-0.2, 0) is 6.54 Å². The van der Waals surface area contributed by atoms with Crippen molar-refractivity contribution in [3.05, 3.63) is 28.8 Å². The second kappa shape index (κ2) is 5.94. The molecule has 0 bridgehead atoms. The van der Waals surface area contributed by atoms with Crippen molar-refractivity contribution in [2.24, 2.45) is 17.6 Å². The SMILES string of the molecule is CC(C)C1CCN(c2cc(Cl)ccc2CN)CC1. The Morgan fingerprint density at radius 3 is 2.56 bits per heavy atom. The first kappa shape index (κ1) is 13.7. The summed E-state index contributed by atoms with van der Waals surface area (Å²) in [5.74, 6) is 1.65. The minimum atomic E-state index is 0.580. The minimum absolute atomic E-state index is 0.580. The Labute approximate surface area is 115 Å². The van der Waals surface area contributed by atoms with Gasteiger partial charge < -0.3 is 10.6 Å². The summed E-state index contributed by atoms with van der Waals surface area (Å²) < 4.78 is 0. The summed E-state index contributed by atoms with van der Waals surface area (Å²) in [5, 5.41) is 0.799. The van der Waals surface area contributed by atoms with Gasteiger partial charge >= 0.3 is 0 Å². The molecule has 0 aliphatic carbocycles. The fourth-order valence-electron chi connectivity index (χ4n) is 2.81. The predicted molar refractivity (Wildman–Crippen MR) is 79.1 cm³/mol. The molecule has 18 heavy (non-hydrogen) atoms. The van der Waals surface area contributed by atoms with Gasteiger partial charge in [0.15, 0.2) is 0 Å². The fourth-order valence-corrected chi connectivity index (χ4v) is 2.98. The second-order valence-electron chi connectivity index (χ2n) is 5.55. The number of halogens is 1. The summed E-state index contributed by atoms with van der Waals surface area (Å²) in [7, 11) is 0. The van der Waals surface area contributed by atoms with Crippen LogP contribution in [0.5, 0.6) is 0 Å². The molecule has 1 aromatic rings. The van der Waals surface area contributed by atoms with Gasteiger partial charge in [-0.1, -0.05) is 31.5 Å². The first-order chi connectivity index (χ1) is 8.61. The van der Waals surface area contributed by atoms with E-state index in [-0.39, 0.29) is 0 Å². The van der Waals surface area contributed by atoms with Crippen LogP contribution < -0.4 is 10.6 Å². The molecule has 1 heterocycles. The van der Waals surface area contributed by atoms with Crippen molar-refractivity contribution in [3.63, 3.8) is 0 Å². The van der Waals surface area contributed by atoms with E-state index in [0.717, 1.165) is 29.9 Å². The van der Waals surface area contributed by atoms with Crippen LogP contribution in [-0.4, -0.2) is 13.1 Å². The third kappa shape index (κ3) is 2.99. The lowest BCUT2D eigenvalue weighted by atomic mass is 9.86. The van der Waals surface area contributed by atoms with Gasteiger partial charge in [0.1, 0.15) is 0 Å². The average molecular weight is 267 g/mol. The van der Waals surface area contributed by atoms with Gasteiger partial charge in [-0.2, -0.15) is 0 Å². The van der Waals surface area contributed by atoms with Crippen LogP contribution in [0.15, 0.2) is 18.2 Å². The summed E-state index contributed by atoms with van der Waals surface area (Å²) in [6.45, 7) is 7.47. The molecule has 0 unspecified atom stereocenters. The molecule has 1 aliphatic rings. The molecular formula is C15H23ClN2. The van der Waals surface area contributed by atoms with Crippen molar-refractivity contribution in [2.45, 2.75) is 33.2 Å². The Bertz CT molecular complexity index is 395. The number of nitrogens with zero attached hydrogens (tertiary/aromatic N) is 1. The van der Waals surface area contributed by atoms with Crippen LogP contribution in [0.3, 0.4) is 0 Å². The van der Waals surface area contributed by atoms with Gasteiger partial charge in [-0.15, -0.1) is 0 Å². The van der Waals surface area contributed by atoms with Crippen molar-refractivity contribution in [1.29, 1.82) is 0 Å². The lowest BCUT2D eigenvalue weighted by molar-refractivity contribution is 0.311. The van der Waals surface area contributed by atoms with E-state index in [9.17, 15) is 0 Å². The summed E-state index contributed by atoms with van der Waals surface area (Å²) in [4.78, 5) is 2.44. The first-order valence-corrected chi connectivity index (χ1v) is 7.23. The highest BCUT2D eigenvalue weighted by atomic mass is 35.5. The number of nitrogens with two attached hydrogens (primary N) is 1. The van der Waals surface area contributed by atoms with E-state index in [1.165, 1.54) is 24.1 Å². The van der Waals surface area contributed by atoms with Crippen molar-refractivity contribution in [1.82, 2.24) is 0 Å². The number of piperidine rings is 1. The maximum Gasteiger partial charge on any atom is 0.0426 e. The Balaban J connectivity index is 2.11. The summed E-state index contributed by atoms with van der Waals surface area (Å²) >= 11 is 6.10. The molecule has 3 heteroatoms. The topological polar surface area (TPSA) is 29.3 Å². The monoisotopic (exact) mass is 266 g/mol. The Kier molecular flexibility index (Phi) is 4.52. The molecule has 0 spiro atoms. The zero-order chi connectivity index (χ0) is 13.1. The zero-order valence-electron chi connectivity index (χ0n) is 11.3. The fraction of sp³-hybridized carbons (Fsp3) is 0.600. The van der Waals surface area contributed by atoms with E-state index in [1.54, 1.807) is 0 Å². The quantitative estimate of drug-likeness (QED) is 0.905. The largest absolute Gasteiger partial charge is 0.371 e. The van der Waals surface area contributed by atoms with Gasteiger partial charge in [0, 0.05) is 30.3 Å². The van der Waals surface area contributed by atoms with E-state index in [0.29, 0.717) is 6.54 Å². The summed E-state index contributed by atoms with van der Waals surface area (Å²) in [6, 6.07) is 6.03. The normalized spacial score (nSPS) is 17.5. The molecule has 0 saturated carbocycles. The zero-order valence-corrected chi connectivity index (χ0v) is 12.1. The smallest absolute Gasteiger partial charge is 0.0426 e. The van der Waals surface area contributed by atoms with Gasteiger partial charge in [-0.25, -0.2) is 0 Å². The van der Waals surface area contributed by atoms with E-state index in [4.69, 9.17) is 17.3 Å². The second-order valence-corrected chi connectivity index (χ2v) is 5.98. The Hall–Kier alpha value is -0.730. The van der Waals surface area contributed by atoms with Crippen LogP contribution in [0.4, 0.5) is 5.69 Å². The molecule has 0 aromatic heterocycles. The molecule has 2 nitrogen and oxygen atoms in total. The highest BCUT2D eigenvalue weighted by molar-refractivity contribution is 6.30. The van der Waals surface area contributed by atoms with Crippen LogP contribution >= 0.6 is 11.6 Å². The van der Waals surface area contributed by atoms with E-state index >= 15 is 0 Å². The summed E-state index contributed by atoms with van der Waals surface area (Å²) in [5.41, 5.74) is 8.24. The van der Waals surface area contributed by atoms with E-state index in [2.05, 4.69) is 24.8 Å². The minimum Gasteiger partial charge on any atom is -0.371 e. The average Bonchev–Trinajstić information content (AvgIpc) is 2.39. The Morgan fingerprint density at radius 2 is 2.00 bits per heavy atom. The number of hydrogen-bond donors (Lipinski definition) is 1. The number of hydrogen-bond acceptors (Lipinski definition) is 2. The first-order valence-electron chi connectivity index (χ1n) is 6.85. The molecule has 0 amide bonds. The Morgan fingerprint density at radius 1 is 1.33 bits per heavy atom. The van der Waals surface area contributed by atoms with Crippen LogP contribution in [0.25, 0.3) is 0 Å². The maximum atomic E-state index is 6.10. The lowest BCUT2D eigenvalue weighted by Gasteiger charge is -2.36. The van der Waals surface area contributed by atoms with Gasteiger partial charge in [0.05, 0.1) is 0 Å². The molecule has 0 radical (unpaired) electrons. The molecule has 1 fully saturated rings. The van der Waals surface area contributed by atoms with Crippen molar-refractivity contribution >= 4 is 17.3 Å². The standard InChI is InChI=1S/C15H23ClN2/c1-11(2)12-5-7-18(8-6-12)15-9-14(16)4-3-13(15)10-17/h3-4,9,11-12H,5-8,10,17H2,1-2H3. The molecule has 1 aromatic carbocycles. The molecule has 1 aliphatic heterocycles. The van der Waals surface area contributed by atoms with Crippen LogP contribution in [0.2, 0.25) is 5.02 Å². The lowest BCUT2D eigenvalue weighted by Crippen LogP contribution is -2.35. The van der Waals surface area contributed by atoms with Crippen molar-refractivity contribution in [2.75, 3.05) is 18.0 Å². The number of benzene rings is 1. The summed E-state index contributed by atoms with van der Waals surface area (Å²) in [6.07, 6.45) is 2.54. The van der Waals surface area contributed by atoms with E-state index in [1.807, 2.05) is 12.1 Å². The molecule has 1 saturated heterocycles. The third-order valence-corrected chi connectivity index (χ3v) is 4.33. The highest BCUT2D eigenvalue weighted by Gasteiger charge is 2.22.